The molecule has 18 heavy (non-hydrogen) atoms. The minimum absolute atomic E-state index is 0.0509. The molecule has 94 valence electrons. The van der Waals surface area contributed by atoms with Gasteiger partial charge in [0.1, 0.15) is 0 Å². The molecule has 1 heterocycles. The van der Waals surface area contributed by atoms with Crippen molar-refractivity contribution in [2.24, 2.45) is 5.92 Å². The highest BCUT2D eigenvalue weighted by Gasteiger charge is 2.35. The summed E-state index contributed by atoms with van der Waals surface area (Å²) in [5, 5.41) is 19.5. The van der Waals surface area contributed by atoms with E-state index in [2.05, 4.69) is 0 Å². The Hall–Kier alpha value is -2.44. The molecule has 7 heteroatoms. The number of carboxylic acid groups (broad SMARTS) is 1. The van der Waals surface area contributed by atoms with Crippen molar-refractivity contribution in [3.05, 3.63) is 34.4 Å². The monoisotopic (exact) mass is 250 g/mol. The van der Waals surface area contributed by atoms with Crippen LogP contribution in [0.15, 0.2) is 24.3 Å². The summed E-state index contributed by atoms with van der Waals surface area (Å²) < 4.78 is 0. The summed E-state index contributed by atoms with van der Waals surface area (Å²) in [4.78, 5) is 33.8. The van der Waals surface area contributed by atoms with Gasteiger partial charge in [-0.25, -0.2) is 0 Å². The minimum Gasteiger partial charge on any atom is -0.481 e. The van der Waals surface area contributed by atoms with Crippen molar-refractivity contribution in [3.8, 4) is 0 Å². The molecule has 0 bridgehead atoms. The highest BCUT2D eigenvalue weighted by Crippen LogP contribution is 2.27. The lowest BCUT2D eigenvalue weighted by Gasteiger charge is -2.15. The van der Waals surface area contributed by atoms with Gasteiger partial charge in [0.2, 0.25) is 5.91 Å². The number of carbonyl (C=O) groups is 2. The number of hydrogen-bond donors (Lipinski definition) is 1. The van der Waals surface area contributed by atoms with Gasteiger partial charge in [0.15, 0.2) is 0 Å². The first-order valence-electron chi connectivity index (χ1n) is 5.26. The molecule has 1 amide bonds. The van der Waals surface area contributed by atoms with E-state index in [1.807, 2.05) is 0 Å². The van der Waals surface area contributed by atoms with Gasteiger partial charge in [0.25, 0.3) is 5.69 Å². The Morgan fingerprint density at radius 3 is 2.78 bits per heavy atom. The van der Waals surface area contributed by atoms with Gasteiger partial charge in [0.05, 0.1) is 16.5 Å². The SMILES string of the molecule is O=C(O)[C@H]1CC(=O)N(c2cccc([N+](=O)[O-])c2)C1. The summed E-state index contributed by atoms with van der Waals surface area (Å²) in [7, 11) is 0. The standard InChI is InChI=1S/C11H10N2O5/c14-10-4-7(11(15)16)6-12(10)8-2-1-3-9(5-8)13(17)18/h1-3,5,7H,4,6H2,(H,15,16)/t7-/m0/s1. The van der Waals surface area contributed by atoms with E-state index in [-0.39, 0.29) is 24.6 Å². The molecule has 0 spiro atoms. The molecule has 1 aliphatic heterocycles. The van der Waals surface area contributed by atoms with Crippen LogP contribution < -0.4 is 4.90 Å². The number of nitro benzene ring substituents is 1. The van der Waals surface area contributed by atoms with Crippen molar-refractivity contribution in [2.45, 2.75) is 6.42 Å². The molecular formula is C11H10N2O5. The van der Waals surface area contributed by atoms with Gasteiger partial charge in [-0.05, 0) is 6.07 Å². The lowest BCUT2D eigenvalue weighted by molar-refractivity contribution is -0.384. The zero-order valence-corrected chi connectivity index (χ0v) is 9.28. The average molecular weight is 250 g/mol. The predicted molar refractivity (Wildman–Crippen MR) is 61.2 cm³/mol. The third-order valence-corrected chi connectivity index (χ3v) is 2.83. The number of aliphatic carboxylic acids is 1. The first-order chi connectivity index (χ1) is 8.49. The van der Waals surface area contributed by atoms with Crippen LogP contribution in [0.25, 0.3) is 0 Å². The summed E-state index contributed by atoms with van der Waals surface area (Å²) in [5.74, 6) is -2.11. The Labute approximate surface area is 102 Å². The number of benzene rings is 1. The maximum atomic E-state index is 11.7. The number of non-ortho nitro benzene ring substituents is 1. The Morgan fingerprint density at radius 2 is 2.22 bits per heavy atom. The molecular weight excluding hydrogens is 240 g/mol. The Balaban J connectivity index is 2.27. The summed E-state index contributed by atoms with van der Waals surface area (Å²) in [6.07, 6.45) is -0.0714. The van der Waals surface area contributed by atoms with Crippen LogP contribution in [-0.4, -0.2) is 28.5 Å². The third-order valence-electron chi connectivity index (χ3n) is 2.83. The van der Waals surface area contributed by atoms with Crippen molar-refractivity contribution < 1.29 is 19.6 Å². The van der Waals surface area contributed by atoms with Crippen molar-refractivity contribution in [2.75, 3.05) is 11.4 Å². The van der Waals surface area contributed by atoms with Crippen LogP contribution in [0, 0.1) is 16.0 Å². The van der Waals surface area contributed by atoms with E-state index in [9.17, 15) is 19.7 Å². The van der Waals surface area contributed by atoms with Crippen molar-refractivity contribution in [1.29, 1.82) is 0 Å². The molecule has 1 aromatic rings. The molecule has 1 aliphatic rings. The number of rotatable bonds is 3. The van der Waals surface area contributed by atoms with Crippen LogP contribution >= 0.6 is 0 Å². The first-order valence-corrected chi connectivity index (χ1v) is 5.26. The summed E-state index contributed by atoms with van der Waals surface area (Å²) in [6.45, 7) is 0.0509. The molecule has 2 rings (SSSR count). The first kappa shape index (κ1) is 12.0. The fourth-order valence-electron chi connectivity index (χ4n) is 1.90. The van der Waals surface area contributed by atoms with Gasteiger partial charge in [0, 0.05) is 25.1 Å². The summed E-state index contributed by atoms with van der Waals surface area (Å²) in [5.41, 5.74) is 0.233. The molecule has 0 radical (unpaired) electrons. The van der Waals surface area contributed by atoms with Crippen LogP contribution in [0.1, 0.15) is 6.42 Å². The number of amides is 1. The number of anilines is 1. The van der Waals surface area contributed by atoms with E-state index in [1.54, 1.807) is 6.07 Å². The zero-order chi connectivity index (χ0) is 13.3. The molecule has 0 saturated carbocycles. The van der Waals surface area contributed by atoms with Crippen LogP contribution in [0.3, 0.4) is 0 Å². The second kappa shape index (κ2) is 4.44. The van der Waals surface area contributed by atoms with Crippen molar-refractivity contribution >= 4 is 23.3 Å². The quantitative estimate of drug-likeness (QED) is 0.637. The van der Waals surface area contributed by atoms with E-state index in [0.29, 0.717) is 5.69 Å². The van der Waals surface area contributed by atoms with Gasteiger partial charge < -0.3 is 10.0 Å². The molecule has 1 aromatic carbocycles. The van der Waals surface area contributed by atoms with E-state index in [4.69, 9.17) is 5.11 Å². The normalized spacial score (nSPS) is 19.0. The van der Waals surface area contributed by atoms with Gasteiger partial charge >= 0.3 is 5.97 Å². The molecule has 1 saturated heterocycles. The molecule has 0 aromatic heterocycles. The number of nitro groups is 1. The van der Waals surface area contributed by atoms with Crippen LogP contribution in [0.2, 0.25) is 0 Å². The highest BCUT2D eigenvalue weighted by molar-refractivity contribution is 5.99. The lowest BCUT2D eigenvalue weighted by Crippen LogP contribution is -2.25. The van der Waals surface area contributed by atoms with Crippen molar-refractivity contribution in [1.82, 2.24) is 0 Å². The van der Waals surface area contributed by atoms with Crippen LogP contribution in [0.5, 0.6) is 0 Å². The Bertz CT molecular complexity index is 528. The third kappa shape index (κ3) is 2.15. The van der Waals surface area contributed by atoms with E-state index < -0.39 is 16.8 Å². The largest absolute Gasteiger partial charge is 0.481 e. The van der Waals surface area contributed by atoms with Crippen molar-refractivity contribution in [3.63, 3.8) is 0 Å². The van der Waals surface area contributed by atoms with E-state index >= 15 is 0 Å². The molecule has 1 fully saturated rings. The predicted octanol–water partition coefficient (Wildman–Crippen LogP) is 1.03. The topological polar surface area (TPSA) is 101 Å². The highest BCUT2D eigenvalue weighted by atomic mass is 16.6. The second-order valence-corrected chi connectivity index (χ2v) is 4.02. The summed E-state index contributed by atoms with van der Waals surface area (Å²) in [6, 6.07) is 5.60. The zero-order valence-electron chi connectivity index (χ0n) is 9.28. The minimum atomic E-state index is -1.03. The number of hydrogen-bond acceptors (Lipinski definition) is 4. The summed E-state index contributed by atoms with van der Waals surface area (Å²) >= 11 is 0. The second-order valence-electron chi connectivity index (χ2n) is 4.02. The van der Waals surface area contributed by atoms with E-state index in [1.165, 1.54) is 23.1 Å². The molecule has 1 atom stereocenters. The molecule has 1 N–H and O–H groups in total. The number of carbonyl (C=O) groups excluding carboxylic acids is 1. The molecule has 0 unspecified atom stereocenters. The Morgan fingerprint density at radius 1 is 1.50 bits per heavy atom. The van der Waals surface area contributed by atoms with Gasteiger partial charge in [-0.15, -0.1) is 0 Å². The van der Waals surface area contributed by atoms with Crippen LogP contribution in [-0.2, 0) is 9.59 Å². The molecule has 0 aliphatic carbocycles. The smallest absolute Gasteiger partial charge is 0.308 e. The fourth-order valence-corrected chi connectivity index (χ4v) is 1.90. The average Bonchev–Trinajstić information content (AvgIpc) is 2.72. The lowest BCUT2D eigenvalue weighted by atomic mass is 10.1. The van der Waals surface area contributed by atoms with Gasteiger partial charge in [-0.3, -0.25) is 19.7 Å². The maximum Gasteiger partial charge on any atom is 0.308 e. The Kier molecular flexibility index (Phi) is 2.97. The number of nitrogens with zero attached hydrogens (tertiary/aromatic N) is 2. The van der Waals surface area contributed by atoms with E-state index in [0.717, 1.165) is 0 Å². The number of carboxylic acids is 1. The fraction of sp³-hybridized carbons (Fsp3) is 0.273. The van der Waals surface area contributed by atoms with Crippen LogP contribution in [0.4, 0.5) is 11.4 Å². The van der Waals surface area contributed by atoms with Gasteiger partial charge in [-0.2, -0.15) is 0 Å². The molecule has 7 nitrogen and oxygen atoms in total. The maximum absolute atomic E-state index is 11.7. The van der Waals surface area contributed by atoms with Gasteiger partial charge in [-0.1, -0.05) is 6.07 Å².